The highest BCUT2D eigenvalue weighted by Gasteiger charge is 2.03. The lowest BCUT2D eigenvalue weighted by Gasteiger charge is -2.10. The zero-order chi connectivity index (χ0) is 13.7. The fourth-order valence-electron chi connectivity index (χ4n) is 1.80. The van der Waals surface area contributed by atoms with Crippen molar-refractivity contribution in [1.82, 2.24) is 0 Å². The van der Waals surface area contributed by atoms with Crippen LogP contribution < -0.4 is 10.5 Å². The monoisotopic (exact) mass is 319 g/mol. The van der Waals surface area contributed by atoms with Crippen LogP contribution in [0.3, 0.4) is 0 Å². The average molecular weight is 320 g/mol. The van der Waals surface area contributed by atoms with Gasteiger partial charge in [-0.1, -0.05) is 53.2 Å². The smallest absolute Gasteiger partial charge is 0.120 e. The van der Waals surface area contributed by atoms with Gasteiger partial charge >= 0.3 is 0 Å². The predicted molar refractivity (Wildman–Crippen MR) is 82.4 cm³/mol. The molecule has 0 radical (unpaired) electrons. The van der Waals surface area contributed by atoms with Crippen molar-refractivity contribution in [3.63, 3.8) is 0 Å². The molecule has 0 amide bonds. The zero-order valence-corrected chi connectivity index (χ0v) is 12.6. The maximum absolute atomic E-state index is 5.74. The van der Waals surface area contributed by atoms with E-state index in [1.807, 2.05) is 24.3 Å². The van der Waals surface area contributed by atoms with Crippen LogP contribution in [-0.4, -0.2) is 6.54 Å². The van der Waals surface area contributed by atoms with E-state index in [1.165, 1.54) is 5.56 Å². The highest BCUT2D eigenvalue weighted by molar-refractivity contribution is 9.10. The Morgan fingerprint density at radius 1 is 1.16 bits per heavy atom. The molecule has 2 aromatic rings. The normalized spacial score (nSPS) is 12.2. The summed E-state index contributed by atoms with van der Waals surface area (Å²) >= 11 is 3.43. The molecule has 100 valence electrons. The largest absolute Gasteiger partial charge is 0.489 e. The van der Waals surface area contributed by atoms with Gasteiger partial charge in [-0.05, 0) is 41.8 Å². The molecule has 0 spiro atoms. The molecule has 0 aliphatic heterocycles. The van der Waals surface area contributed by atoms with E-state index in [1.54, 1.807) is 0 Å². The lowest BCUT2D eigenvalue weighted by Crippen LogP contribution is -2.08. The standard InChI is InChI=1S/C16H18BrNO/c1-12(10-18)14-7-5-13(6-8-14)11-19-16-4-2-3-15(17)9-16/h2-9,12H,10-11,18H2,1H3. The molecule has 0 saturated heterocycles. The summed E-state index contributed by atoms with van der Waals surface area (Å²) in [7, 11) is 0. The van der Waals surface area contributed by atoms with E-state index < -0.39 is 0 Å². The second-order valence-corrected chi connectivity index (χ2v) is 5.54. The van der Waals surface area contributed by atoms with Crippen molar-refractivity contribution in [2.24, 2.45) is 5.73 Å². The summed E-state index contributed by atoms with van der Waals surface area (Å²) in [6.45, 7) is 3.38. The number of rotatable bonds is 5. The van der Waals surface area contributed by atoms with E-state index in [9.17, 15) is 0 Å². The van der Waals surface area contributed by atoms with Crippen LogP contribution in [0.1, 0.15) is 24.0 Å². The number of ether oxygens (including phenoxy) is 1. The molecular formula is C16H18BrNO. The van der Waals surface area contributed by atoms with Crippen molar-refractivity contribution in [1.29, 1.82) is 0 Å². The van der Waals surface area contributed by atoms with Crippen LogP contribution in [0.15, 0.2) is 53.0 Å². The first-order chi connectivity index (χ1) is 9.19. The summed E-state index contributed by atoms with van der Waals surface area (Å²) in [5.41, 5.74) is 8.09. The molecule has 0 fully saturated rings. The van der Waals surface area contributed by atoms with Crippen molar-refractivity contribution in [2.75, 3.05) is 6.54 Å². The minimum Gasteiger partial charge on any atom is -0.489 e. The third kappa shape index (κ3) is 4.08. The summed E-state index contributed by atoms with van der Waals surface area (Å²) in [5.74, 6) is 1.27. The molecule has 0 heterocycles. The molecule has 2 rings (SSSR count). The Hall–Kier alpha value is -1.32. The van der Waals surface area contributed by atoms with Crippen LogP contribution in [0.2, 0.25) is 0 Å². The summed E-state index contributed by atoms with van der Waals surface area (Å²) in [5, 5.41) is 0. The molecule has 0 aliphatic rings. The predicted octanol–water partition coefficient (Wildman–Crippen LogP) is 4.09. The second kappa shape index (κ2) is 6.73. The third-order valence-corrected chi connectivity index (χ3v) is 3.60. The Bertz CT molecular complexity index is 525. The molecule has 0 aliphatic carbocycles. The van der Waals surface area contributed by atoms with Gasteiger partial charge in [0.25, 0.3) is 0 Å². The van der Waals surface area contributed by atoms with Gasteiger partial charge in [-0.15, -0.1) is 0 Å². The lowest BCUT2D eigenvalue weighted by molar-refractivity contribution is 0.306. The van der Waals surface area contributed by atoms with Crippen LogP contribution >= 0.6 is 15.9 Å². The molecule has 1 atom stereocenters. The maximum Gasteiger partial charge on any atom is 0.120 e. The summed E-state index contributed by atoms with van der Waals surface area (Å²) in [4.78, 5) is 0. The topological polar surface area (TPSA) is 35.2 Å². The molecule has 2 N–H and O–H groups in total. The van der Waals surface area contributed by atoms with Crippen LogP contribution in [0.25, 0.3) is 0 Å². The minimum atomic E-state index is 0.403. The molecular weight excluding hydrogens is 302 g/mol. The Morgan fingerprint density at radius 2 is 1.89 bits per heavy atom. The van der Waals surface area contributed by atoms with Gasteiger partial charge in [0.05, 0.1) is 0 Å². The van der Waals surface area contributed by atoms with E-state index in [-0.39, 0.29) is 0 Å². The molecule has 0 aromatic heterocycles. The second-order valence-electron chi connectivity index (χ2n) is 4.62. The van der Waals surface area contributed by atoms with Gasteiger partial charge in [0.2, 0.25) is 0 Å². The quantitative estimate of drug-likeness (QED) is 0.900. The van der Waals surface area contributed by atoms with Gasteiger partial charge in [0, 0.05) is 4.47 Å². The van der Waals surface area contributed by atoms with Gasteiger partial charge in [-0.3, -0.25) is 0 Å². The van der Waals surface area contributed by atoms with Gasteiger partial charge in [0.15, 0.2) is 0 Å². The fraction of sp³-hybridized carbons (Fsp3) is 0.250. The van der Waals surface area contributed by atoms with Crippen molar-refractivity contribution >= 4 is 15.9 Å². The molecule has 19 heavy (non-hydrogen) atoms. The van der Waals surface area contributed by atoms with E-state index in [4.69, 9.17) is 10.5 Å². The summed E-state index contributed by atoms with van der Waals surface area (Å²) in [6.07, 6.45) is 0. The number of benzene rings is 2. The van der Waals surface area contributed by atoms with E-state index >= 15 is 0 Å². The van der Waals surface area contributed by atoms with Crippen molar-refractivity contribution in [2.45, 2.75) is 19.4 Å². The van der Waals surface area contributed by atoms with Crippen LogP contribution in [-0.2, 0) is 6.61 Å². The summed E-state index contributed by atoms with van der Waals surface area (Å²) < 4.78 is 6.77. The fourth-order valence-corrected chi connectivity index (χ4v) is 2.18. The Kier molecular flexibility index (Phi) is 5.00. The number of nitrogens with two attached hydrogens (primary N) is 1. The first kappa shape index (κ1) is 14.1. The van der Waals surface area contributed by atoms with Crippen molar-refractivity contribution in [3.05, 3.63) is 64.1 Å². The lowest BCUT2D eigenvalue weighted by atomic mass is 10.0. The molecule has 0 bridgehead atoms. The molecule has 0 saturated carbocycles. The zero-order valence-electron chi connectivity index (χ0n) is 11.0. The molecule has 3 heteroatoms. The molecule has 1 unspecified atom stereocenters. The Balaban J connectivity index is 1.96. The van der Waals surface area contributed by atoms with Crippen molar-refractivity contribution in [3.8, 4) is 5.75 Å². The van der Waals surface area contributed by atoms with Crippen LogP contribution in [0.4, 0.5) is 0 Å². The highest BCUT2D eigenvalue weighted by Crippen LogP contribution is 2.20. The van der Waals surface area contributed by atoms with E-state index in [2.05, 4.69) is 47.1 Å². The first-order valence-corrected chi connectivity index (χ1v) is 7.15. The van der Waals surface area contributed by atoms with Crippen molar-refractivity contribution < 1.29 is 4.74 Å². The number of halogens is 1. The maximum atomic E-state index is 5.74. The molecule has 2 aromatic carbocycles. The van der Waals surface area contributed by atoms with Gasteiger partial charge < -0.3 is 10.5 Å². The van der Waals surface area contributed by atoms with E-state index in [0.29, 0.717) is 19.1 Å². The van der Waals surface area contributed by atoms with Crippen LogP contribution in [0.5, 0.6) is 5.75 Å². The van der Waals surface area contributed by atoms with E-state index in [0.717, 1.165) is 15.8 Å². The van der Waals surface area contributed by atoms with Gasteiger partial charge in [-0.25, -0.2) is 0 Å². The average Bonchev–Trinajstić information content (AvgIpc) is 2.45. The molecule has 2 nitrogen and oxygen atoms in total. The number of hydrogen-bond donors (Lipinski definition) is 1. The Morgan fingerprint density at radius 3 is 2.53 bits per heavy atom. The SMILES string of the molecule is CC(CN)c1ccc(COc2cccc(Br)c2)cc1. The van der Waals surface area contributed by atoms with Gasteiger partial charge in [-0.2, -0.15) is 0 Å². The highest BCUT2D eigenvalue weighted by atomic mass is 79.9. The Labute approximate surface area is 122 Å². The summed E-state index contributed by atoms with van der Waals surface area (Å²) in [6, 6.07) is 16.3. The number of hydrogen-bond acceptors (Lipinski definition) is 2. The first-order valence-electron chi connectivity index (χ1n) is 6.36. The van der Waals surface area contributed by atoms with Crippen LogP contribution in [0, 0.1) is 0 Å². The minimum absolute atomic E-state index is 0.403. The third-order valence-electron chi connectivity index (χ3n) is 3.10. The van der Waals surface area contributed by atoms with Gasteiger partial charge in [0.1, 0.15) is 12.4 Å².